The molecule has 0 saturated heterocycles. The molecule has 0 aliphatic heterocycles. The predicted molar refractivity (Wildman–Crippen MR) is 100 cm³/mol. The molecular weight excluding hydrogens is 407 g/mol. The van der Waals surface area contributed by atoms with E-state index in [0.717, 1.165) is 36.5 Å². The second kappa shape index (κ2) is 9.02. The Morgan fingerprint density at radius 2 is 2.22 bits per heavy atom. The zero-order chi connectivity index (χ0) is 15.2. The molecule has 0 amide bonds. The minimum absolute atomic E-state index is 0. The van der Waals surface area contributed by atoms with Gasteiger partial charge >= 0.3 is 0 Å². The van der Waals surface area contributed by atoms with Gasteiger partial charge in [0.1, 0.15) is 0 Å². The molecule has 0 spiro atoms. The van der Waals surface area contributed by atoms with Gasteiger partial charge in [0.05, 0.1) is 13.2 Å². The average molecular weight is 430 g/mol. The smallest absolute Gasteiger partial charge is 0.191 e. The van der Waals surface area contributed by atoms with Crippen LogP contribution in [0.15, 0.2) is 29.4 Å². The van der Waals surface area contributed by atoms with Crippen LogP contribution in [0.3, 0.4) is 0 Å². The van der Waals surface area contributed by atoms with Crippen molar-refractivity contribution in [1.82, 2.24) is 25.2 Å². The molecule has 126 valence electrons. The molecule has 0 aromatic carbocycles. The fourth-order valence-electron chi connectivity index (χ4n) is 2.17. The first-order valence-electron chi connectivity index (χ1n) is 7.67. The van der Waals surface area contributed by atoms with Gasteiger partial charge < -0.3 is 15.4 Å². The van der Waals surface area contributed by atoms with Gasteiger partial charge in [-0.1, -0.05) is 6.07 Å². The maximum absolute atomic E-state index is 5.59. The second-order valence-electron chi connectivity index (χ2n) is 5.42. The van der Waals surface area contributed by atoms with E-state index in [1.54, 1.807) is 7.05 Å². The number of rotatable bonds is 7. The molecule has 1 saturated carbocycles. The van der Waals surface area contributed by atoms with Crippen molar-refractivity contribution >= 4 is 35.6 Å². The van der Waals surface area contributed by atoms with Crippen molar-refractivity contribution in [3.63, 3.8) is 0 Å². The molecule has 1 aliphatic rings. The first-order valence-corrected chi connectivity index (χ1v) is 7.67. The zero-order valence-corrected chi connectivity index (χ0v) is 15.6. The Hall–Kier alpha value is -1.42. The Morgan fingerprint density at radius 1 is 1.35 bits per heavy atom. The van der Waals surface area contributed by atoms with Gasteiger partial charge in [0.2, 0.25) is 0 Å². The summed E-state index contributed by atoms with van der Waals surface area (Å²) in [7, 11) is 1.75. The fraction of sp³-hybridized carbons (Fsp3) is 0.533. The van der Waals surface area contributed by atoms with Crippen molar-refractivity contribution in [3.8, 4) is 0 Å². The highest BCUT2D eigenvalue weighted by Crippen LogP contribution is 2.28. The van der Waals surface area contributed by atoms with E-state index in [0.29, 0.717) is 13.2 Å². The summed E-state index contributed by atoms with van der Waals surface area (Å²) in [5.41, 5.74) is 0.843. The Bertz CT molecular complexity index is 640. The van der Waals surface area contributed by atoms with Crippen LogP contribution in [0.1, 0.15) is 18.7 Å². The lowest BCUT2D eigenvalue weighted by Gasteiger charge is -2.11. The van der Waals surface area contributed by atoms with E-state index >= 15 is 0 Å². The number of guanidine groups is 1. The van der Waals surface area contributed by atoms with Crippen molar-refractivity contribution in [2.75, 3.05) is 26.8 Å². The minimum atomic E-state index is 0. The molecule has 2 aromatic rings. The van der Waals surface area contributed by atoms with Gasteiger partial charge in [0.25, 0.3) is 0 Å². The summed E-state index contributed by atoms with van der Waals surface area (Å²) in [4.78, 5) is 4.19. The Balaban J connectivity index is 0.00000192. The Labute approximate surface area is 152 Å². The van der Waals surface area contributed by atoms with Crippen LogP contribution < -0.4 is 10.6 Å². The normalized spacial score (nSPS) is 14.6. The molecule has 0 radical (unpaired) electrons. The highest BCUT2D eigenvalue weighted by molar-refractivity contribution is 14.0. The standard InChI is InChI=1S/C15H22N6O.HI/c1-16-15(17-7-9-22-11-12-5-6-12)18-10-14-20-19-13-4-2-3-8-21(13)14;/h2-4,8,12H,5-7,9-11H2,1H3,(H2,16,17,18);1H. The second-order valence-corrected chi connectivity index (χ2v) is 5.42. The monoisotopic (exact) mass is 430 g/mol. The van der Waals surface area contributed by atoms with Crippen LogP contribution >= 0.6 is 24.0 Å². The van der Waals surface area contributed by atoms with Crippen molar-refractivity contribution in [3.05, 3.63) is 30.2 Å². The highest BCUT2D eigenvalue weighted by atomic mass is 127. The number of nitrogens with zero attached hydrogens (tertiary/aromatic N) is 4. The molecule has 2 N–H and O–H groups in total. The number of pyridine rings is 1. The van der Waals surface area contributed by atoms with Crippen LogP contribution in [0.25, 0.3) is 5.65 Å². The fourth-order valence-corrected chi connectivity index (χ4v) is 2.17. The van der Waals surface area contributed by atoms with E-state index < -0.39 is 0 Å². The van der Waals surface area contributed by atoms with Crippen LogP contribution in [0.2, 0.25) is 0 Å². The molecule has 8 heteroatoms. The van der Waals surface area contributed by atoms with Crippen LogP contribution in [-0.4, -0.2) is 47.4 Å². The number of hydrogen-bond acceptors (Lipinski definition) is 4. The summed E-state index contributed by atoms with van der Waals surface area (Å²) in [6.07, 6.45) is 4.60. The number of nitrogens with one attached hydrogen (secondary N) is 2. The molecule has 2 aromatic heterocycles. The number of ether oxygens (including phenoxy) is 1. The lowest BCUT2D eigenvalue weighted by Crippen LogP contribution is -2.38. The third-order valence-corrected chi connectivity index (χ3v) is 3.61. The van der Waals surface area contributed by atoms with E-state index in [9.17, 15) is 0 Å². The number of fused-ring (bicyclic) bond motifs is 1. The molecule has 1 fully saturated rings. The van der Waals surface area contributed by atoms with E-state index in [1.165, 1.54) is 12.8 Å². The molecular formula is C15H23IN6O. The van der Waals surface area contributed by atoms with Crippen LogP contribution in [0.5, 0.6) is 0 Å². The van der Waals surface area contributed by atoms with Crippen molar-refractivity contribution in [1.29, 1.82) is 0 Å². The van der Waals surface area contributed by atoms with Gasteiger partial charge in [-0.3, -0.25) is 9.39 Å². The quantitative estimate of drug-likeness (QED) is 0.301. The SMILES string of the molecule is CN=C(NCCOCC1CC1)NCc1nnc2ccccn12.I. The number of hydrogen-bond donors (Lipinski definition) is 2. The first-order chi connectivity index (χ1) is 10.9. The summed E-state index contributed by atoms with van der Waals surface area (Å²) in [5.74, 6) is 2.39. The number of halogens is 1. The topological polar surface area (TPSA) is 75.8 Å². The maximum atomic E-state index is 5.59. The number of aromatic nitrogens is 3. The molecule has 7 nitrogen and oxygen atoms in total. The van der Waals surface area contributed by atoms with Crippen molar-refractivity contribution < 1.29 is 4.74 Å². The van der Waals surface area contributed by atoms with Crippen LogP contribution in [-0.2, 0) is 11.3 Å². The summed E-state index contributed by atoms with van der Waals surface area (Å²) in [5, 5.41) is 14.8. The summed E-state index contributed by atoms with van der Waals surface area (Å²) >= 11 is 0. The molecule has 3 rings (SSSR count). The third-order valence-electron chi connectivity index (χ3n) is 3.61. The minimum Gasteiger partial charge on any atom is -0.379 e. The van der Waals surface area contributed by atoms with Gasteiger partial charge in [-0.05, 0) is 30.9 Å². The average Bonchev–Trinajstić information content (AvgIpc) is 3.29. The van der Waals surface area contributed by atoms with E-state index in [-0.39, 0.29) is 24.0 Å². The lowest BCUT2D eigenvalue weighted by molar-refractivity contribution is 0.129. The number of aliphatic imine (C=N–C) groups is 1. The molecule has 2 heterocycles. The van der Waals surface area contributed by atoms with Gasteiger partial charge in [-0.15, -0.1) is 34.2 Å². The predicted octanol–water partition coefficient (Wildman–Crippen LogP) is 1.44. The van der Waals surface area contributed by atoms with Crippen LogP contribution in [0.4, 0.5) is 0 Å². The molecule has 0 bridgehead atoms. The third kappa shape index (κ3) is 5.31. The van der Waals surface area contributed by atoms with E-state index in [1.807, 2.05) is 28.8 Å². The summed E-state index contributed by atoms with van der Waals surface area (Å²) in [6.45, 7) is 2.89. The summed E-state index contributed by atoms with van der Waals surface area (Å²) < 4.78 is 7.55. The van der Waals surface area contributed by atoms with E-state index in [2.05, 4.69) is 25.8 Å². The molecule has 1 aliphatic carbocycles. The van der Waals surface area contributed by atoms with E-state index in [4.69, 9.17) is 4.74 Å². The van der Waals surface area contributed by atoms with Gasteiger partial charge in [0, 0.05) is 26.4 Å². The highest BCUT2D eigenvalue weighted by Gasteiger charge is 2.20. The largest absolute Gasteiger partial charge is 0.379 e. The van der Waals surface area contributed by atoms with Crippen molar-refractivity contribution in [2.45, 2.75) is 19.4 Å². The Kier molecular flexibility index (Phi) is 7.03. The maximum Gasteiger partial charge on any atom is 0.191 e. The van der Waals surface area contributed by atoms with Gasteiger partial charge in [-0.2, -0.15) is 0 Å². The lowest BCUT2D eigenvalue weighted by atomic mass is 10.4. The Morgan fingerprint density at radius 3 is 3.00 bits per heavy atom. The zero-order valence-electron chi connectivity index (χ0n) is 13.2. The van der Waals surface area contributed by atoms with Crippen molar-refractivity contribution in [2.24, 2.45) is 10.9 Å². The van der Waals surface area contributed by atoms with Gasteiger partial charge in [0.15, 0.2) is 17.4 Å². The van der Waals surface area contributed by atoms with Gasteiger partial charge in [-0.25, -0.2) is 0 Å². The molecule has 0 atom stereocenters. The molecule has 23 heavy (non-hydrogen) atoms. The molecule has 0 unspecified atom stereocenters. The summed E-state index contributed by atoms with van der Waals surface area (Å²) in [6, 6.07) is 5.84. The van der Waals surface area contributed by atoms with Crippen LogP contribution in [0, 0.1) is 5.92 Å². The first kappa shape index (κ1) is 17.9.